The predicted molar refractivity (Wildman–Crippen MR) is 64.2 cm³/mol. The van der Waals surface area contributed by atoms with Gasteiger partial charge >= 0.3 is 5.97 Å². The van der Waals surface area contributed by atoms with E-state index in [1.54, 1.807) is 13.0 Å². The number of nitriles is 1. The Bertz CT molecular complexity index is 498. The first-order chi connectivity index (χ1) is 8.49. The molecule has 0 saturated carbocycles. The lowest BCUT2D eigenvalue weighted by Gasteiger charge is -2.09. The van der Waals surface area contributed by atoms with Crippen LogP contribution in [-0.2, 0) is 16.0 Å². The van der Waals surface area contributed by atoms with E-state index in [1.165, 1.54) is 6.07 Å². The molecule has 3 nitrogen and oxygen atoms in total. The van der Waals surface area contributed by atoms with E-state index in [0.717, 1.165) is 6.07 Å². The fourth-order valence-corrected chi connectivity index (χ4v) is 1.90. The van der Waals surface area contributed by atoms with Crippen LogP contribution in [0.25, 0.3) is 0 Å². The van der Waals surface area contributed by atoms with Gasteiger partial charge in [0, 0.05) is 10.0 Å². The summed E-state index contributed by atoms with van der Waals surface area (Å²) in [4.78, 5) is 11.3. The number of ether oxygens (including phenoxy) is 1. The summed E-state index contributed by atoms with van der Waals surface area (Å²) in [5.74, 6) is -0.497. The van der Waals surface area contributed by atoms with Crippen LogP contribution in [0.1, 0.15) is 30.0 Å². The molecule has 0 N–H and O–H groups in total. The molecule has 6 heteroatoms. The summed E-state index contributed by atoms with van der Waals surface area (Å²) < 4.78 is 30.6. The van der Waals surface area contributed by atoms with Crippen molar-refractivity contribution in [1.82, 2.24) is 0 Å². The minimum Gasteiger partial charge on any atom is -0.466 e. The van der Waals surface area contributed by atoms with Crippen LogP contribution in [0.2, 0.25) is 0 Å². The Hall–Kier alpha value is -1.48. The summed E-state index contributed by atoms with van der Waals surface area (Å²) in [5.41, 5.74) is -0.104. The maximum Gasteiger partial charge on any atom is 0.310 e. The van der Waals surface area contributed by atoms with Crippen molar-refractivity contribution in [2.45, 2.75) is 19.8 Å². The summed E-state index contributed by atoms with van der Waals surface area (Å²) in [6.45, 7) is 1.89. The molecule has 0 atom stereocenters. The normalized spacial score (nSPS) is 10.2. The third-order valence-electron chi connectivity index (χ3n) is 2.21. The first kappa shape index (κ1) is 14.6. The molecule has 0 aliphatic carbocycles. The van der Waals surface area contributed by atoms with E-state index in [2.05, 4.69) is 15.9 Å². The zero-order valence-electron chi connectivity index (χ0n) is 9.54. The average molecular weight is 318 g/mol. The Morgan fingerprint density at radius 2 is 2.22 bits per heavy atom. The number of hydrogen-bond acceptors (Lipinski definition) is 3. The van der Waals surface area contributed by atoms with Gasteiger partial charge in [0.1, 0.15) is 0 Å². The molecule has 0 radical (unpaired) electrons. The monoisotopic (exact) mass is 317 g/mol. The molecule has 1 rings (SSSR count). The van der Waals surface area contributed by atoms with Crippen molar-refractivity contribution in [1.29, 1.82) is 5.26 Å². The Labute approximate surface area is 111 Å². The number of carbonyl (C=O) groups is 1. The van der Waals surface area contributed by atoms with Crippen molar-refractivity contribution in [3.05, 3.63) is 33.3 Å². The highest BCUT2D eigenvalue weighted by molar-refractivity contribution is 9.10. The molecule has 0 fully saturated rings. The van der Waals surface area contributed by atoms with E-state index in [0.29, 0.717) is 10.0 Å². The van der Waals surface area contributed by atoms with Crippen molar-refractivity contribution < 1.29 is 18.3 Å². The van der Waals surface area contributed by atoms with Crippen molar-refractivity contribution >= 4 is 21.9 Å². The Balaban J connectivity index is 3.10. The smallest absolute Gasteiger partial charge is 0.310 e. The van der Waals surface area contributed by atoms with Gasteiger partial charge in [-0.25, -0.2) is 8.78 Å². The summed E-state index contributed by atoms with van der Waals surface area (Å²) in [6, 6.07) is 4.14. The second-order valence-electron chi connectivity index (χ2n) is 3.43. The van der Waals surface area contributed by atoms with Gasteiger partial charge in [0.2, 0.25) is 0 Å². The molecule has 0 unspecified atom stereocenters. The van der Waals surface area contributed by atoms with Gasteiger partial charge in [-0.2, -0.15) is 5.26 Å². The first-order valence-corrected chi connectivity index (χ1v) is 5.95. The first-order valence-electron chi connectivity index (χ1n) is 5.15. The SMILES string of the molecule is CCOC(=O)Cc1cc(C(F)F)c(C#N)cc1Br. The highest BCUT2D eigenvalue weighted by Gasteiger charge is 2.17. The second-order valence-corrected chi connectivity index (χ2v) is 4.28. The van der Waals surface area contributed by atoms with Crippen molar-refractivity contribution in [2.75, 3.05) is 6.61 Å². The van der Waals surface area contributed by atoms with E-state index in [9.17, 15) is 13.6 Å². The Kier molecular flexibility index (Phi) is 5.23. The third kappa shape index (κ3) is 3.50. The van der Waals surface area contributed by atoms with Gasteiger partial charge in [0.05, 0.1) is 24.7 Å². The summed E-state index contributed by atoms with van der Waals surface area (Å²) in [6.07, 6.45) is -2.87. The zero-order chi connectivity index (χ0) is 13.7. The predicted octanol–water partition coefficient (Wildman–Crippen LogP) is 3.36. The van der Waals surface area contributed by atoms with Gasteiger partial charge in [-0.3, -0.25) is 4.79 Å². The minimum absolute atomic E-state index is 0.107. The summed E-state index contributed by atoms with van der Waals surface area (Å²) in [5, 5.41) is 8.75. The van der Waals surface area contributed by atoms with Crippen LogP contribution in [-0.4, -0.2) is 12.6 Å². The van der Waals surface area contributed by atoms with Gasteiger partial charge in [-0.05, 0) is 24.6 Å². The Morgan fingerprint density at radius 3 is 2.72 bits per heavy atom. The average Bonchev–Trinajstić information content (AvgIpc) is 2.31. The number of esters is 1. The molecule has 0 aliphatic rings. The third-order valence-corrected chi connectivity index (χ3v) is 2.95. The van der Waals surface area contributed by atoms with Crippen LogP contribution in [0, 0.1) is 11.3 Å². The maximum absolute atomic E-state index is 12.7. The Morgan fingerprint density at radius 1 is 1.56 bits per heavy atom. The van der Waals surface area contributed by atoms with Crippen LogP contribution in [0.15, 0.2) is 16.6 Å². The fourth-order valence-electron chi connectivity index (χ4n) is 1.42. The minimum atomic E-state index is -2.76. The highest BCUT2D eigenvalue weighted by atomic mass is 79.9. The maximum atomic E-state index is 12.7. The van der Waals surface area contributed by atoms with Gasteiger partial charge in [-0.1, -0.05) is 15.9 Å². The van der Waals surface area contributed by atoms with Gasteiger partial charge < -0.3 is 4.74 Å². The van der Waals surface area contributed by atoms with Crippen LogP contribution in [0.3, 0.4) is 0 Å². The molecule has 0 heterocycles. The van der Waals surface area contributed by atoms with E-state index in [1.807, 2.05) is 0 Å². The van der Waals surface area contributed by atoms with Crippen LogP contribution in [0.4, 0.5) is 8.78 Å². The highest BCUT2D eigenvalue weighted by Crippen LogP contribution is 2.29. The quantitative estimate of drug-likeness (QED) is 0.800. The topological polar surface area (TPSA) is 50.1 Å². The lowest BCUT2D eigenvalue weighted by molar-refractivity contribution is -0.142. The molecule has 0 bridgehead atoms. The fraction of sp³-hybridized carbons (Fsp3) is 0.333. The molecule has 1 aromatic rings. The summed E-state index contributed by atoms with van der Waals surface area (Å²) in [7, 11) is 0. The van der Waals surface area contributed by atoms with E-state index >= 15 is 0 Å². The van der Waals surface area contributed by atoms with E-state index in [-0.39, 0.29) is 24.2 Å². The van der Waals surface area contributed by atoms with Crippen molar-refractivity contribution in [3.63, 3.8) is 0 Å². The standard InChI is InChI=1S/C12H10BrF2NO2/c1-2-18-11(17)5-7-3-9(12(14)15)8(6-16)4-10(7)13/h3-4,12H,2,5H2,1H3. The molecular weight excluding hydrogens is 308 g/mol. The number of hydrogen-bond donors (Lipinski definition) is 0. The van der Waals surface area contributed by atoms with Crippen molar-refractivity contribution in [3.8, 4) is 6.07 Å². The van der Waals surface area contributed by atoms with E-state index < -0.39 is 12.4 Å². The van der Waals surface area contributed by atoms with E-state index in [4.69, 9.17) is 10.00 Å². The van der Waals surface area contributed by atoms with Crippen LogP contribution < -0.4 is 0 Å². The molecule has 0 aliphatic heterocycles. The van der Waals surface area contributed by atoms with Crippen LogP contribution in [0.5, 0.6) is 0 Å². The largest absolute Gasteiger partial charge is 0.466 e. The number of alkyl halides is 2. The molecular formula is C12H10BrF2NO2. The molecule has 0 aromatic heterocycles. The lowest BCUT2D eigenvalue weighted by Crippen LogP contribution is -2.08. The molecule has 0 saturated heterocycles. The molecule has 1 aromatic carbocycles. The number of benzene rings is 1. The number of nitrogens with zero attached hydrogens (tertiary/aromatic N) is 1. The number of rotatable bonds is 4. The zero-order valence-corrected chi connectivity index (χ0v) is 11.1. The molecule has 0 amide bonds. The lowest BCUT2D eigenvalue weighted by atomic mass is 10.0. The number of carbonyl (C=O) groups excluding carboxylic acids is 1. The van der Waals surface area contributed by atoms with Gasteiger partial charge in [0.15, 0.2) is 0 Å². The second kappa shape index (κ2) is 6.45. The molecule has 96 valence electrons. The van der Waals surface area contributed by atoms with Gasteiger partial charge in [-0.15, -0.1) is 0 Å². The molecule has 18 heavy (non-hydrogen) atoms. The van der Waals surface area contributed by atoms with Gasteiger partial charge in [0.25, 0.3) is 6.43 Å². The summed E-state index contributed by atoms with van der Waals surface area (Å²) >= 11 is 3.15. The number of halogens is 3. The van der Waals surface area contributed by atoms with Crippen LogP contribution >= 0.6 is 15.9 Å². The molecule has 0 spiro atoms. The van der Waals surface area contributed by atoms with Crippen molar-refractivity contribution in [2.24, 2.45) is 0 Å².